The summed E-state index contributed by atoms with van der Waals surface area (Å²) >= 11 is 0. The van der Waals surface area contributed by atoms with Gasteiger partial charge in [-0.3, -0.25) is 4.79 Å². The second-order valence-corrected chi connectivity index (χ2v) is 4.12. The van der Waals surface area contributed by atoms with E-state index >= 15 is 0 Å². The quantitative estimate of drug-likeness (QED) is 0.819. The lowest BCUT2D eigenvalue weighted by Crippen LogP contribution is -2.25. The normalized spacial score (nSPS) is 19.9. The Morgan fingerprint density at radius 1 is 1.47 bits per heavy atom. The number of hydrogen-bond donors (Lipinski definition) is 1. The number of carbonyl (C=O) groups is 1. The van der Waals surface area contributed by atoms with Gasteiger partial charge >= 0.3 is 0 Å². The van der Waals surface area contributed by atoms with Crippen LogP contribution in [0.5, 0.6) is 11.5 Å². The Morgan fingerprint density at radius 2 is 2.29 bits per heavy atom. The predicted octanol–water partition coefficient (Wildman–Crippen LogP) is 2.50. The van der Waals surface area contributed by atoms with Crippen molar-refractivity contribution in [3.05, 3.63) is 23.8 Å². The van der Waals surface area contributed by atoms with E-state index in [4.69, 9.17) is 9.47 Å². The lowest BCUT2D eigenvalue weighted by Gasteiger charge is -2.24. The average Bonchev–Trinajstić information content (AvgIpc) is 2.30. The van der Waals surface area contributed by atoms with Crippen LogP contribution in [0.3, 0.4) is 0 Å². The molecule has 4 heteroatoms. The third-order valence-corrected chi connectivity index (χ3v) is 2.75. The van der Waals surface area contributed by atoms with Gasteiger partial charge in [-0.1, -0.05) is 6.07 Å². The molecule has 1 unspecified atom stereocenters. The van der Waals surface area contributed by atoms with Crippen molar-refractivity contribution in [2.45, 2.75) is 32.5 Å². The highest BCUT2D eigenvalue weighted by atomic mass is 16.7. The second kappa shape index (κ2) is 5.19. The molecule has 0 radical (unpaired) electrons. The van der Waals surface area contributed by atoms with Crippen LogP contribution >= 0.6 is 0 Å². The van der Waals surface area contributed by atoms with Gasteiger partial charge in [0.2, 0.25) is 0 Å². The molecule has 17 heavy (non-hydrogen) atoms. The van der Waals surface area contributed by atoms with Crippen molar-refractivity contribution in [3.8, 4) is 11.5 Å². The van der Waals surface area contributed by atoms with Crippen molar-refractivity contribution >= 4 is 5.78 Å². The minimum atomic E-state index is -0.316. The topological polar surface area (TPSA) is 55.8 Å². The van der Waals surface area contributed by atoms with Crippen LogP contribution in [0.1, 0.15) is 36.5 Å². The first-order valence-electron chi connectivity index (χ1n) is 5.79. The fourth-order valence-electron chi connectivity index (χ4n) is 1.92. The van der Waals surface area contributed by atoms with Gasteiger partial charge in [0.25, 0.3) is 0 Å². The van der Waals surface area contributed by atoms with E-state index in [1.807, 2.05) is 0 Å². The summed E-state index contributed by atoms with van der Waals surface area (Å²) in [6, 6.07) is 4.81. The van der Waals surface area contributed by atoms with E-state index in [9.17, 15) is 9.90 Å². The lowest BCUT2D eigenvalue weighted by molar-refractivity contribution is -0.106. The van der Waals surface area contributed by atoms with Gasteiger partial charge in [-0.25, -0.2) is 0 Å². The molecule has 1 heterocycles. The Balaban J connectivity index is 2.19. The molecule has 1 saturated heterocycles. The van der Waals surface area contributed by atoms with E-state index in [1.54, 1.807) is 12.1 Å². The summed E-state index contributed by atoms with van der Waals surface area (Å²) in [4.78, 5) is 11.4. The summed E-state index contributed by atoms with van der Waals surface area (Å²) in [6.07, 6.45) is 2.59. The molecule has 0 bridgehead atoms. The van der Waals surface area contributed by atoms with Gasteiger partial charge in [0.15, 0.2) is 12.1 Å². The molecule has 1 atom stereocenters. The summed E-state index contributed by atoms with van der Waals surface area (Å²) in [5.41, 5.74) is 0.224. The number of phenolic OH excluding ortho intramolecular Hbond substituents is 1. The van der Waals surface area contributed by atoms with Gasteiger partial charge in [0, 0.05) is 6.42 Å². The minimum absolute atomic E-state index is 0.0502. The molecular weight excluding hydrogens is 220 g/mol. The first-order valence-corrected chi connectivity index (χ1v) is 5.79. The molecule has 4 nitrogen and oxygen atoms in total. The van der Waals surface area contributed by atoms with Crippen LogP contribution in [-0.2, 0) is 4.74 Å². The maximum atomic E-state index is 11.4. The number of rotatable bonds is 3. The predicted molar refractivity (Wildman–Crippen MR) is 62.3 cm³/mol. The summed E-state index contributed by atoms with van der Waals surface area (Å²) in [7, 11) is 0. The van der Waals surface area contributed by atoms with Crippen LogP contribution in [0.25, 0.3) is 0 Å². The summed E-state index contributed by atoms with van der Waals surface area (Å²) < 4.78 is 11.1. The highest BCUT2D eigenvalue weighted by Gasteiger charge is 2.19. The number of benzene rings is 1. The van der Waals surface area contributed by atoms with Crippen LogP contribution < -0.4 is 4.74 Å². The fourth-order valence-corrected chi connectivity index (χ4v) is 1.92. The van der Waals surface area contributed by atoms with Crippen molar-refractivity contribution in [3.63, 3.8) is 0 Å². The van der Waals surface area contributed by atoms with Crippen LogP contribution in [-0.4, -0.2) is 23.8 Å². The molecule has 1 fully saturated rings. The number of Topliss-reactive ketones (excluding diaryl/α,β-unsaturated/α-hetero) is 1. The zero-order valence-electron chi connectivity index (χ0n) is 9.81. The molecule has 1 aliphatic heterocycles. The Kier molecular flexibility index (Phi) is 3.64. The van der Waals surface area contributed by atoms with Crippen molar-refractivity contribution in [2.75, 3.05) is 6.61 Å². The number of ketones is 1. The van der Waals surface area contributed by atoms with E-state index in [1.165, 1.54) is 13.0 Å². The molecule has 92 valence electrons. The van der Waals surface area contributed by atoms with E-state index < -0.39 is 0 Å². The molecular formula is C13H16O4. The maximum Gasteiger partial charge on any atom is 0.199 e. The zero-order valence-corrected chi connectivity index (χ0v) is 9.81. The molecule has 1 aliphatic rings. The Labute approximate surface area is 100 Å². The number of carbonyl (C=O) groups excluding carboxylic acids is 1. The number of aromatic hydroxyl groups is 1. The minimum Gasteiger partial charge on any atom is -0.507 e. The smallest absolute Gasteiger partial charge is 0.199 e. The standard InChI is InChI=1S/C13H16O4/c1-9(14)13-10(15)5-4-6-11(13)17-12-7-2-3-8-16-12/h4-6,12,15H,2-3,7-8H2,1H3. The van der Waals surface area contributed by atoms with Gasteiger partial charge < -0.3 is 14.6 Å². The van der Waals surface area contributed by atoms with Gasteiger partial charge in [-0.15, -0.1) is 0 Å². The Bertz CT molecular complexity index is 408. The van der Waals surface area contributed by atoms with Crippen LogP contribution in [0.15, 0.2) is 18.2 Å². The summed E-state index contributed by atoms with van der Waals surface area (Å²) in [5, 5.41) is 9.65. The van der Waals surface area contributed by atoms with Crippen LogP contribution in [0.4, 0.5) is 0 Å². The van der Waals surface area contributed by atoms with E-state index in [-0.39, 0.29) is 23.4 Å². The fraction of sp³-hybridized carbons (Fsp3) is 0.462. The van der Waals surface area contributed by atoms with E-state index in [0.717, 1.165) is 19.3 Å². The number of phenols is 1. The van der Waals surface area contributed by atoms with Crippen LogP contribution in [0, 0.1) is 0 Å². The number of ether oxygens (including phenoxy) is 2. The average molecular weight is 236 g/mol. The summed E-state index contributed by atoms with van der Waals surface area (Å²) in [5.74, 6) is 0.129. The SMILES string of the molecule is CC(=O)c1c(O)cccc1OC1CCCCO1. The first kappa shape index (κ1) is 11.9. The van der Waals surface area contributed by atoms with Crippen molar-refractivity contribution in [2.24, 2.45) is 0 Å². The van der Waals surface area contributed by atoms with E-state index in [0.29, 0.717) is 12.4 Å². The monoisotopic (exact) mass is 236 g/mol. The molecule has 2 rings (SSSR count). The zero-order chi connectivity index (χ0) is 12.3. The third kappa shape index (κ3) is 2.77. The van der Waals surface area contributed by atoms with Gasteiger partial charge in [0.05, 0.1) is 6.61 Å². The van der Waals surface area contributed by atoms with Crippen molar-refractivity contribution in [1.29, 1.82) is 0 Å². The van der Waals surface area contributed by atoms with E-state index in [2.05, 4.69) is 0 Å². The molecule has 1 aromatic carbocycles. The first-order chi connectivity index (χ1) is 8.18. The molecule has 1 aromatic rings. The second-order valence-electron chi connectivity index (χ2n) is 4.12. The molecule has 0 saturated carbocycles. The Hall–Kier alpha value is -1.55. The van der Waals surface area contributed by atoms with Crippen molar-refractivity contribution < 1.29 is 19.4 Å². The summed E-state index contributed by atoms with van der Waals surface area (Å²) in [6.45, 7) is 2.09. The third-order valence-electron chi connectivity index (χ3n) is 2.75. The molecule has 0 spiro atoms. The van der Waals surface area contributed by atoms with Gasteiger partial charge in [-0.05, 0) is 31.9 Å². The highest BCUT2D eigenvalue weighted by Crippen LogP contribution is 2.30. The molecule has 0 aliphatic carbocycles. The highest BCUT2D eigenvalue weighted by molar-refractivity contribution is 5.99. The van der Waals surface area contributed by atoms with Crippen molar-refractivity contribution in [1.82, 2.24) is 0 Å². The number of hydrogen-bond acceptors (Lipinski definition) is 4. The molecule has 1 N–H and O–H groups in total. The molecule has 0 amide bonds. The lowest BCUT2D eigenvalue weighted by atomic mass is 10.1. The molecule has 0 aromatic heterocycles. The maximum absolute atomic E-state index is 11.4. The van der Waals surface area contributed by atoms with Gasteiger partial charge in [0.1, 0.15) is 17.1 Å². The Morgan fingerprint density at radius 3 is 2.94 bits per heavy atom. The van der Waals surface area contributed by atoms with Crippen LogP contribution in [0.2, 0.25) is 0 Å². The largest absolute Gasteiger partial charge is 0.507 e. The van der Waals surface area contributed by atoms with Gasteiger partial charge in [-0.2, -0.15) is 0 Å².